The van der Waals surface area contributed by atoms with E-state index in [2.05, 4.69) is 39.0 Å². The monoisotopic (exact) mass is 247 g/mol. The van der Waals surface area contributed by atoms with Gasteiger partial charge in [-0.1, -0.05) is 6.92 Å². The lowest BCUT2D eigenvalue weighted by Crippen LogP contribution is -2.07. The van der Waals surface area contributed by atoms with Crippen LogP contribution in [0.2, 0.25) is 0 Å². The van der Waals surface area contributed by atoms with Crippen LogP contribution < -0.4 is 5.32 Å². The molecule has 0 amide bonds. The van der Waals surface area contributed by atoms with Crippen molar-refractivity contribution in [1.82, 2.24) is 9.97 Å². The van der Waals surface area contributed by atoms with E-state index >= 15 is 0 Å². The Kier molecular flexibility index (Phi) is 3.74. The molecule has 1 N–H and O–H groups in total. The number of nitrogens with zero attached hydrogens (tertiary/aromatic N) is 2. The zero-order valence-electron chi connectivity index (χ0n) is 10.4. The molecule has 4 heteroatoms. The zero-order valence-corrected chi connectivity index (χ0v) is 11.3. The van der Waals surface area contributed by atoms with Crippen LogP contribution in [0.15, 0.2) is 16.8 Å². The van der Waals surface area contributed by atoms with Gasteiger partial charge >= 0.3 is 0 Å². The first kappa shape index (κ1) is 12.0. The molecule has 0 aliphatic rings. The number of aromatic nitrogens is 2. The Bertz CT molecular complexity index is 492. The molecule has 2 heterocycles. The lowest BCUT2D eigenvalue weighted by molar-refractivity contribution is 0.953. The molecule has 90 valence electrons. The first-order valence-corrected chi connectivity index (χ1v) is 6.78. The van der Waals surface area contributed by atoms with Crippen LogP contribution in [-0.4, -0.2) is 16.5 Å². The summed E-state index contributed by atoms with van der Waals surface area (Å²) in [4.78, 5) is 9.25. The van der Waals surface area contributed by atoms with Gasteiger partial charge in [0.05, 0.1) is 11.4 Å². The molecule has 0 saturated heterocycles. The van der Waals surface area contributed by atoms with Gasteiger partial charge in [-0.3, -0.25) is 0 Å². The topological polar surface area (TPSA) is 37.8 Å². The van der Waals surface area contributed by atoms with Crippen molar-refractivity contribution >= 4 is 17.2 Å². The molecule has 0 aliphatic heterocycles. The van der Waals surface area contributed by atoms with E-state index in [-0.39, 0.29) is 0 Å². The first-order chi connectivity index (χ1) is 8.22. The molecule has 0 fully saturated rings. The van der Waals surface area contributed by atoms with Crippen LogP contribution in [0.1, 0.15) is 24.7 Å². The number of anilines is 1. The van der Waals surface area contributed by atoms with E-state index in [0.717, 1.165) is 41.4 Å². The molecular formula is C13H17N3S. The molecule has 2 aromatic heterocycles. The summed E-state index contributed by atoms with van der Waals surface area (Å²) in [5, 5.41) is 7.52. The quantitative estimate of drug-likeness (QED) is 0.896. The molecule has 0 spiro atoms. The van der Waals surface area contributed by atoms with Crippen molar-refractivity contribution in [1.29, 1.82) is 0 Å². The van der Waals surface area contributed by atoms with Gasteiger partial charge < -0.3 is 5.32 Å². The second kappa shape index (κ2) is 5.27. The lowest BCUT2D eigenvalue weighted by Gasteiger charge is -2.11. The number of aryl methyl sites for hydroxylation is 2. The minimum atomic E-state index is 0.897. The summed E-state index contributed by atoms with van der Waals surface area (Å²) in [6.45, 7) is 7.07. The Balaban J connectivity index is 2.44. The molecule has 3 nitrogen and oxygen atoms in total. The number of thiophene rings is 1. The van der Waals surface area contributed by atoms with Gasteiger partial charge in [-0.05, 0) is 31.7 Å². The van der Waals surface area contributed by atoms with E-state index in [4.69, 9.17) is 0 Å². The normalized spacial score (nSPS) is 10.5. The van der Waals surface area contributed by atoms with E-state index in [1.807, 2.05) is 13.8 Å². The maximum Gasteiger partial charge on any atom is 0.152 e. The van der Waals surface area contributed by atoms with Crippen molar-refractivity contribution in [2.24, 2.45) is 0 Å². The molecule has 0 aromatic carbocycles. The predicted octanol–water partition coefficient (Wildman–Crippen LogP) is 3.64. The summed E-state index contributed by atoms with van der Waals surface area (Å²) < 4.78 is 0. The van der Waals surface area contributed by atoms with Crippen molar-refractivity contribution in [3.63, 3.8) is 0 Å². The molecule has 0 bridgehead atoms. The van der Waals surface area contributed by atoms with Crippen molar-refractivity contribution in [2.75, 3.05) is 11.9 Å². The van der Waals surface area contributed by atoms with Gasteiger partial charge in [0.2, 0.25) is 0 Å². The first-order valence-electron chi connectivity index (χ1n) is 5.84. The molecule has 2 aromatic rings. The molecule has 0 saturated carbocycles. The molecule has 0 radical (unpaired) electrons. The Hall–Kier alpha value is -1.42. The highest BCUT2D eigenvalue weighted by molar-refractivity contribution is 7.08. The zero-order chi connectivity index (χ0) is 12.3. The second-order valence-electron chi connectivity index (χ2n) is 4.03. The summed E-state index contributed by atoms with van der Waals surface area (Å²) in [6, 6.07) is 2.08. The van der Waals surface area contributed by atoms with Crippen molar-refractivity contribution in [3.05, 3.63) is 28.2 Å². The van der Waals surface area contributed by atoms with Crippen LogP contribution in [-0.2, 0) is 0 Å². The number of rotatable bonds is 4. The average molecular weight is 247 g/mol. The maximum atomic E-state index is 4.65. The van der Waals surface area contributed by atoms with Gasteiger partial charge in [0.1, 0.15) is 5.69 Å². The van der Waals surface area contributed by atoms with Crippen LogP contribution in [0.5, 0.6) is 0 Å². The standard InChI is InChI=1S/C13H17N3S/c1-4-6-14-13-12(11-5-7-17-8-11)15-9(2)10(3)16-13/h5,7-8H,4,6H2,1-3H3,(H,14,16). The molecule has 17 heavy (non-hydrogen) atoms. The van der Waals surface area contributed by atoms with E-state index in [0.29, 0.717) is 0 Å². The van der Waals surface area contributed by atoms with Crippen LogP contribution in [0, 0.1) is 13.8 Å². The smallest absolute Gasteiger partial charge is 0.152 e. The SMILES string of the molecule is CCCNc1nc(C)c(C)nc1-c1ccsc1. The van der Waals surface area contributed by atoms with Crippen LogP contribution in [0.3, 0.4) is 0 Å². The van der Waals surface area contributed by atoms with Gasteiger partial charge in [-0.15, -0.1) is 0 Å². The summed E-state index contributed by atoms with van der Waals surface area (Å²) >= 11 is 1.68. The van der Waals surface area contributed by atoms with E-state index in [9.17, 15) is 0 Å². The Morgan fingerprint density at radius 1 is 1.24 bits per heavy atom. The second-order valence-corrected chi connectivity index (χ2v) is 4.81. The minimum Gasteiger partial charge on any atom is -0.368 e. The largest absolute Gasteiger partial charge is 0.368 e. The molecular weight excluding hydrogens is 230 g/mol. The summed E-state index contributed by atoms with van der Waals surface area (Å²) in [5.41, 5.74) is 4.09. The third kappa shape index (κ3) is 2.64. The average Bonchev–Trinajstić information content (AvgIpc) is 2.83. The number of hydrogen-bond acceptors (Lipinski definition) is 4. The third-order valence-corrected chi connectivity index (χ3v) is 3.33. The summed E-state index contributed by atoms with van der Waals surface area (Å²) in [5.74, 6) is 0.897. The van der Waals surface area contributed by atoms with Crippen molar-refractivity contribution in [3.8, 4) is 11.3 Å². The third-order valence-electron chi connectivity index (χ3n) is 2.64. The van der Waals surface area contributed by atoms with Gasteiger partial charge in [0.15, 0.2) is 5.82 Å². The molecule has 0 atom stereocenters. The van der Waals surface area contributed by atoms with Gasteiger partial charge in [-0.25, -0.2) is 9.97 Å². The lowest BCUT2D eigenvalue weighted by atomic mass is 10.2. The van der Waals surface area contributed by atoms with E-state index in [1.54, 1.807) is 11.3 Å². The van der Waals surface area contributed by atoms with Crippen LogP contribution >= 0.6 is 11.3 Å². The summed E-state index contributed by atoms with van der Waals surface area (Å²) in [7, 11) is 0. The number of hydrogen-bond donors (Lipinski definition) is 1. The molecule has 0 aliphatic carbocycles. The fourth-order valence-electron chi connectivity index (χ4n) is 1.57. The minimum absolute atomic E-state index is 0.897. The fraction of sp³-hybridized carbons (Fsp3) is 0.385. The van der Waals surface area contributed by atoms with Gasteiger partial charge in [-0.2, -0.15) is 11.3 Å². The maximum absolute atomic E-state index is 4.65. The van der Waals surface area contributed by atoms with E-state index < -0.39 is 0 Å². The van der Waals surface area contributed by atoms with Crippen molar-refractivity contribution in [2.45, 2.75) is 27.2 Å². The van der Waals surface area contributed by atoms with Crippen LogP contribution in [0.4, 0.5) is 5.82 Å². The van der Waals surface area contributed by atoms with E-state index in [1.165, 1.54) is 0 Å². The van der Waals surface area contributed by atoms with Gasteiger partial charge in [0, 0.05) is 17.5 Å². The fourth-order valence-corrected chi connectivity index (χ4v) is 2.21. The van der Waals surface area contributed by atoms with Crippen LogP contribution in [0.25, 0.3) is 11.3 Å². The summed E-state index contributed by atoms with van der Waals surface area (Å²) in [6.07, 6.45) is 1.08. The number of nitrogens with one attached hydrogen (secondary N) is 1. The Labute approximate surface area is 106 Å². The highest BCUT2D eigenvalue weighted by Crippen LogP contribution is 2.27. The highest BCUT2D eigenvalue weighted by atomic mass is 32.1. The highest BCUT2D eigenvalue weighted by Gasteiger charge is 2.10. The Morgan fingerprint density at radius 2 is 2.00 bits per heavy atom. The Morgan fingerprint density at radius 3 is 2.65 bits per heavy atom. The predicted molar refractivity (Wildman–Crippen MR) is 73.6 cm³/mol. The van der Waals surface area contributed by atoms with Crippen molar-refractivity contribution < 1.29 is 0 Å². The molecule has 0 unspecified atom stereocenters. The molecule has 2 rings (SSSR count). The van der Waals surface area contributed by atoms with Gasteiger partial charge in [0.25, 0.3) is 0 Å².